The van der Waals surface area contributed by atoms with Crippen molar-refractivity contribution in [3.8, 4) is 11.5 Å². The van der Waals surface area contributed by atoms with Gasteiger partial charge in [0.2, 0.25) is 0 Å². The van der Waals surface area contributed by atoms with Gasteiger partial charge in [0.15, 0.2) is 17.5 Å². The highest BCUT2D eigenvalue weighted by atomic mass is 16.5. The molecule has 1 heterocycles. The Kier molecular flexibility index (Phi) is 7.10. The number of methoxy groups -OCH3 is 2. The molecule has 0 radical (unpaired) electrons. The van der Waals surface area contributed by atoms with Crippen molar-refractivity contribution in [1.29, 1.82) is 0 Å². The highest BCUT2D eigenvalue weighted by Gasteiger charge is 2.05. The Hall–Kier alpha value is -3.48. The first kappa shape index (κ1) is 20.3. The summed E-state index contributed by atoms with van der Waals surface area (Å²) in [5, 5.41) is 7.44. The molecule has 0 spiro atoms. The lowest BCUT2D eigenvalue weighted by atomic mass is 10.1. The van der Waals surface area contributed by atoms with E-state index in [1.807, 2.05) is 47.3 Å². The summed E-state index contributed by atoms with van der Waals surface area (Å²) >= 11 is 0. The largest absolute Gasteiger partial charge is 0.493 e. The highest BCUT2D eigenvalue weighted by molar-refractivity contribution is 5.77. The van der Waals surface area contributed by atoms with Crippen LogP contribution < -0.4 is 20.5 Å². The molecule has 152 valence electrons. The molecular formula is C22H27N5O2. The van der Waals surface area contributed by atoms with Crippen molar-refractivity contribution in [2.75, 3.05) is 20.8 Å². The summed E-state index contributed by atoms with van der Waals surface area (Å²) in [5.41, 5.74) is 9.49. The topological polar surface area (TPSA) is 86.7 Å². The van der Waals surface area contributed by atoms with Crippen LogP contribution in [0.1, 0.15) is 16.7 Å². The Morgan fingerprint density at radius 3 is 2.59 bits per heavy atom. The van der Waals surface area contributed by atoms with E-state index in [1.165, 1.54) is 5.56 Å². The van der Waals surface area contributed by atoms with Gasteiger partial charge < -0.3 is 20.5 Å². The third-order valence-corrected chi connectivity index (χ3v) is 4.60. The maximum absolute atomic E-state index is 6.05. The number of benzene rings is 2. The Labute approximate surface area is 171 Å². The van der Waals surface area contributed by atoms with E-state index >= 15 is 0 Å². The van der Waals surface area contributed by atoms with Crippen molar-refractivity contribution < 1.29 is 9.47 Å². The molecule has 0 saturated carbocycles. The van der Waals surface area contributed by atoms with Crippen LogP contribution in [0.15, 0.2) is 65.9 Å². The number of nitrogens with zero attached hydrogens (tertiary/aromatic N) is 3. The Balaban J connectivity index is 1.53. The summed E-state index contributed by atoms with van der Waals surface area (Å²) < 4.78 is 12.5. The van der Waals surface area contributed by atoms with Crippen molar-refractivity contribution >= 4 is 5.96 Å². The van der Waals surface area contributed by atoms with E-state index in [0.29, 0.717) is 25.6 Å². The van der Waals surface area contributed by atoms with Crippen LogP contribution in [-0.4, -0.2) is 36.5 Å². The Morgan fingerprint density at radius 1 is 1.07 bits per heavy atom. The van der Waals surface area contributed by atoms with Gasteiger partial charge in [0, 0.05) is 18.9 Å². The van der Waals surface area contributed by atoms with E-state index in [0.717, 1.165) is 29.0 Å². The summed E-state index contributed by atoms with van der Waals surface area (Å²) in [6.45, 7) is 1.91. The van der Waals surface area contributed by atoms with E-state index in [-0.39, 0.29) is 0 Å². The van der Waals surface area contributed by atoms with E-state index in [1.54, 1.807) is 20.4 Å². The standard InChI is InChI=1S/C22H27N5O2/c1-28-20-9-8-17(14-21(20)29-2)10-12-24-22(23)25-15-18-6-3-4-7-19(18)16-27-13-5-11-26-27/h3-9,11,13-14H,10,12,15-16H2,1-2H3,(H3,23,24,25). The van der Waals surface area contributed by atoms with Gasteiger partial charge in [-0.25, -0.2) is 4.99 Å². The number of ether oxygens (including phenoxy) is 2. The molecule has 3 rings (SSSR count). The highest BCUT2D eigenvalue weighted by Crippen LogP contribution is 2.27. The van der Waals surface area contributed by atoms with E-state index in [4.69, 9.17) is 15.2 Å². The molecule has 7 heteroatoms. The molecule has 3 aromatic rings. The van der Waals surface area contributed by atoms with Gasteiger partial charge in [-0.1, -0.05) is 30.3 Å². The fourth-order valence-electron chi connectivity index (χ4n) is 3.03. The number of nitrogens with one attached hydrogen (secondary N) is 1. The lowest BCUT2D eigenvalue weighted by Gasteiger charge is -2.11. The molecule has 0 bridgehead atoms. The van der Waals surface area contributed by atoms with Crippen LogP contribution in [0.3, 0.4) is 0 Å². The van der Waals surface area contributed by atoms with Crippen LogP contribution in [0.25, 0.3) is 0 Å². The molecule has 29 heavy (non-hydrogen) atoms. The SMILES string of the molecule is COc1ccc(CCNC(N)=NCc2ccccc2Cn2cccn2)cc1OC. The minimum absolute atomic E-state index is 0.430. The molecule has 0 amide bonds. The van der Waals surface area contributed by atoms with Gasteiger partial charge in [0.1, 0.15) is 0 Å². The normalized spacial score (nSPS) is 11.3. The van der Waals surface area contributed by atoms with Crippen LogP contribution in [0.5, 0.6) is 11.5 Å². The molecule has 0 unspecified atom stereocenters. The first-order valence-corrected chi connectivity index (χ1v) is 9.48. The fourth-order valence-corrected chi connectivity index (χ4v) is 3.03. The monoisotopic (exact) mass is 393 g/mol. The number of aromatic nitrogens is 2. The van der Waals surface area contributed by atoms with Crippen LogP contribution in [0, 0.1) is 0 Å². The van der Waals surface area contributed by atoms with E-state index in [9.17, 15) is 0 Å². The summed E-state index contributed by atoms with van der Waals surface area (Å²) in [7, 11) is 3.26. The fraction of sp³-hybridized carbons (Fsp3) is 0.273. The molecule has 3 N–H and O–H groups in total. The molecule has 0 fully saturated rings. The van der Waals surface area contributed by atoms with Crippen LogP contribution in [-0.2, 0) is 19.5 Å². The van der Waals surface area contributed by atoms with Crippen molar-refractivity contribution in [1.82, 2.24) is 15.1 Å². The second-order valence-electron chi connectivity index (χ2n) is 6.54. The molecule has 0 aliphatic rings. The van der Waals surface area contributed by atoms with Gasteiger partial charge in [0.25, 0.3) is 0 Å². The zero-order chi connectivity index (χ0) is 20.5. The van der Waals surface area contributed by atoms with Crippen molar-refractivity contribution in [2.24, 2.45) is 10.7 Å². The third kappa shape index (κ3) is 5.75. The second kappa shape index (κ2) is 10.2. The Morgan fingerprint density at radius 2 is 1.86 bits per heavy atom. The third-order valence-electron chi connectivity index (χ3n) is 4.60. The minimum atomic E-state index is 0.430. The number of guanidine groups is 1. The van der Waals surface area contributed by atoms with Gasteiger partial charge in [-0.05, 0) is 41.3 Å². The maximum Gasteiger partial charge on any atom is 0.188 e. The Bertz CT molecular complexity index is 938. The molecule has 0 aliphatic carbocycles. The van der Waals surface area contributed by atoms with Gasteiger partial charge in [-0.2, -0.15) is 5.10 Å². The average Bonchev–Trinajstić information content (AvgIpc) is 3.26. The minimum Gasteiger partial charge on any atom is -0.493 e. The predicted molar refractivity (Wildman–Crippen MR) is 114 cm³/mol. The van der Waals surface area contributed by atoms with E-state index in [2.05, 4.69) is 27.5 Å². The maximum atomic E-state index is 6.05. The van der Waals surface area contributed by atoms with Crippen LogP contribution in [0.2, 0.25) is 0 Å². The first-order valence-electron chi connectivity index (χ1n) is 9.48. The average molecular weight is 393 g/mol. The molecule has 0 atom stereocenters. The van der Waals surface area contributed by atoms with E-state index < -0.39 is 0 Å². The number of hydrogen-bond donors (Lipinski definition) is 2. The summed E-state index contributed by atoms with van der Waals surface area (Å²) in [6, 6.07) is 16.0. The van der Waals surface area contributed by atoms with Crippen molar-refractivity contribution in [3.63, 3.8) is 0 Å². The molecule has 0 aliphatic heterocycles. The van der Waals surface area contributed by atoms with Gasteiger partial charge >= 0.3 is 0 Å². The summed E-state index contributed by atoms with van der Waals surface area (Å²) in [4.78, 5) is 4.49. The second-order valence-corrected chi connectivity index (χ2v) is 6.54. The lowest BCUT2D eigenvalue weighted by molar-refractivity contribution is 0.354. The smallest absolute Gasteiger partial charge is 0.188 e. The van der Waals surface area contributed by atoms with Gasteiger partial charge in [-0.3, -0.25) is 4.68 Å². The van der Waals surface area contributed by atoms with Gasteiger partial charge in [0.05, 0.1) is 27.3 Å². The lowest BCUT2D eigenvalue weighted by Crippen LogP contribution is -2.33. The number of nitrogens with two attached hydrogens (primary N) is 1. The van der Waals surface area contributed by atoms with Crippen molar-refractivity contribution in [3.05, 3.63) is 77.6 Å². The molecule has 2 aromatic carbocycles. The zero-order valence-electron chi connectivity index (χ0n) is 16.8. The van der Waals surface area contributed by atoms with Crippen molar-refractivity contribution in [2.45, 2.75) is 19.5 Å². The summed E-state index contributed by atoms with van der Waals surface area (Å²) in [5.74, 6) is 1.87. The molecular weight excluding hydrogens is 366 g/mol. The van der Waals surface area contributed by atoms with Crippen LogP contribution in [0.4, 0.5) is 0 Å². The number of hydrogen-bond acceptors (Lipinski definition) is 4. The van der Waals surface area contributed by atoms with Crippen LogP contribution >= 0.6 is 0 Å². The molecule has 0 saturated heterocycles. The van der Waals surface area contributed by atoms with Gasteiger partial charge in [-0.15, -0.1) is 0 Å². The molecule has 1 aromatic heterocycles. The first-order chi connectivity index (χ1) is 14.2. The molecule has 7 nitrogen and oxygen atoms in total. The zero-order valence-corrected chi connectivity index (χ0v) is 16.8. The number of rotatable bonds is 9. The predicted octanol–water partition coefficient (Wildman–Crippen LogP) is 2.60. The number of aliphatic imine (C=N–C) groups is 1. The summed E-state index contributed by atoms with van der Waals surface area (Å²) in [6.07, 6.45) is 4.53. The quantitative estimate of drug-likeness (QED) is 0.431.